The van der Waals surface area contributed by atoms with Crippen LogP contribution in [0.3, 0.4) is 0 Å². The summed E-state index contributed by atoms with van der Waals surface area (Å²) in [4.78, 5) is 9.66. The summed E-state index contributed by atoms with van der Waals surface area (Å²) >= 11 is 0. The van der Waals surface area contributed by atoms with Crippen molar-refractivity contribution in [3.05, 3.63) is 0 Å². The van der Waals surface area contributed by atoms with Crippen LogP contribution in [0.2, 0.25) is 0 Å². The van der Waals surface area contributed by atoms with Gasteiger partial charge < -0.3 is 10.6 Å². The lowest BCUT2D eigenvalue weighted by Gasteiger charge is -1.93. The standard InChI is InChI=1S/C6H13NO.C3H9N.C2H6/c1-2-3-4-5-7-6-8;1-3-4-2;1-2/h6H,2-5H2,1H3,(H,7,8);4H,3H2,1-2H3;1-2H3. The van der Waals surface area contributed by atoms with Gasteiger partial charge in [-0.25, -0.2) is 0 Å². The third kappa shape index (κ3) is 42.2. The molecule has 0 bridgehead atoms. The predicted octanol–water partition coefficient (Wildman–Crippen LogP) is 2.17. The first kappa shape index (κ1) is 19.1. The Hall–Kier alpha value is -0.570. The van der Waals surface area contributed by atoms with Crippen molar-refractivity contribution in [2.45, 2.75) is 47.0 Å². The van der Waals surface area contributed by atoms with E-state index in [0.29, 0.717) is 0 Å². The van der Waals surface area contributed by atoms with Gasteiger partial charge in [0, 0.05) is 6.54 Å². The van der Waals surface area contributed by atoms with Crippen LogP contribution in [0, 0.1) is 0 Å². The van der Waals surface area contributed by atoms with Crippen molar-refractivity contribution in [2.24, 2.45) is 0 Å². The Balaban J connectivity index is -0.000000170. The third-order valence-corrected chi connectivity index (χ3v) is 1.36. The molecule has 0 fully saturated rings. The minimum atomic E-state index is 0.746. The zero-order chi connectivity index (χ0) is 11.7. The Bertz CT molecular complexity index is 75.7. The van der Waals surface area contributed by atoms with E-state index in [1.54, 1.807) is 0 Å². The van der Waals surface area contributed by atoms with Crippen LogP contribution in [0.25, 0.3) is 0 Å². The van der Waals surface area contributed by atoms with Gasteiger partial charge in [0.15, 0.2) is 0 Å². The van der Waals surface area contributed by atoms with Gasteiger partial charge in [-0.1, -0.05) is 40.5 Å². The van der Waals surface area contributed by atoms with Crippen molar-refractivity contribution < 1.29 is 4.79 Å². The Morgan fingerprint density at radius 3 is 1.93 bits per heavy atom. The number of unbranched alkanes of at least 4 members (excludes halogenated alkanes) is 2. The topological polar surface area (TPSA) is 41.1 Å². The lowest BCUT2D eigenvalue weighted by molar-refractivity contribution is -0.109. The molecule has 14 heavy (non-hydrogen) atoms. The summed E-state index contributed by atoms with van der Waals surface area (Å²) in [6, 6.07) is 0. The van der Waals surface area contributed by atoms with Crippen LogP contribution in [-0.4, -0.2) is 26.5 Å². The number of nitrogens with one attached hydrogen (secondary N) is 2. The molecule has 0 heterocycles. The van der Waals surface area contributed by atoms with Gasteiger partial charge in [0.25, 0.3) is 0 Å². The van der Waals surface area contributed by atoms with Gasteiger partial charge in [0.2, 0.25) is 6.41 Å². The van der Waals surface area contributed by atoms with Crippen LogP contribution in [0.4, 0.5) is 0 Å². The first-order valence-corrected chi connectivity index (χ1v) is 5.65. The molecule has 0 spiro atoms. The van der Waals surface area contributed by atoms with Gasteiger partial charge in [-0.05, 0) is 20.0 Å². The van der Waals surface area contributed by atoms with E-state index in [0.717, 1.165) is 25.9 Å². The van der Waals surface area contributed by atoms with Gasteiger partial charge in [0.1, 0.15) is 0 Å². The van der Waals surface area contributed by atoms with Crippen LogP contribution in [-0.2, 0) is 4.79 Å². The Kier molecular flexibility index (Phi) is 40.1. The molecule has 0 saturated heterocycles. The zero-order valence-electron chi connectivity index (χ0n) is 10.5. The molecule has 88 valence electrons. The number of carbonyl (C=O) groups excluding carboxylic acids is 1. The summed E-state index contributed by atoms with van der Waals surface area (Å²) in [5, 5.41) is 5.53. The summed E-state index contributed by atoms with van der Waals surface area (Å²) in [5.74, 6) is 0. The van der Waals surface area contributed by atoms with Crippen LogP contribution < -0.4 is 10.6 Å². The summed E-state index contributed by atoms with van der Waals surface area (Å²) < 4.78 is 0. The molecule has 0 aromatic heterocycles. The summed E-state index contributed by atoms with van der Waals surface area (Å²) in [6.45, 7) is 10.1. The fourth-order valence-electron chi connectivity index (χ4n) is 0.536. The number of amides is 1. The van der Waals surface area contributed by atoms with E-state index in [-0.39, 0.29) is 0 Å². The van der Waals surface area contributed by atoms with Crippen LogP contribution in [0.1, 0.15) is 47.0 Å². The van der Waals surface area contributed by atoms with Gasteiger partial charge in [0.05, 0.1) is 0 Å². The number of hydrogen-bond donors (Lipinski definition) is 2. The van der Waals surface area contributed by atoms with Crippen molar-refractivity contribution >= 4 is 6.41 Å². The van der Waals surface area contributed by atoms with Crippen LogP contribution >= 0.6 is 0 Å². The number of hydrogen-bond acceptors (Lipinski definition) is 2. The smallest absolute Gasteiger partial charge is 0.207 e. The monoisotopic (exact) mass is 204 g/mol. The highest BCUT2D eigenvalue weighted by Gasteiger charge is 1.81. The maximum atomic E-state index is 9.66. The van der Waals surface area contributed by atoms with E-state index in [9.17, 15) is 4.79 Å². The van der Waals surface area contributed by atoms with Gasteiger partial charge in [-0.15, -0.1) is 0 Å². The molecular weight excluding hydrogens is 176 g/mol. The van der Waals surface area contributed by atoms with Crippen molar-refractivity contribution in [1.29, 1.82) is 0 Å². The average Bonchev–Trinajstić information content (AvgIpc) is 2.28. The molecule has 3 nitrogen and oxygen atoms in total. The lowest BCUT2D eigenvalue weighted by Crippen LogP contribution is -2.11. The molecule has 0 aliphatic heterocycles. The van der Waals surface area contributed by atoms with Gasteiger partial charge >= 0.3 is 0 Å². The minimum Gasteiger partial charge on any atom is -0.359 e. The molecular formula is C11H28N2O. The van der Waals surface area contributed by atoms with E-state index in [2.05, 4.69) is 24.5 Å². The van der Waals surface area contributed by atoms with E-state index in [1.165, 1.54) is 12.8 Å². The Morgan fingerprint density at radius 2 is 1.64 bits per heavy atom. The molecule has 1 amide bonds. The summed E-state index contributed by atoms with van der Waals surface area (Å²) in [6.07, 6.45) is 4.27. The number of rotatable bonds is 6. The molecule has 0 aliphatic carbocycles. The quantitative estimate of drug-likeness (QED) is 0.514. The van der Waals surface area contributed by atoms with Crippen LogP contribution in [0.15, 0.2) is 0 Å². The fraction of sp³-hybridized carbons (Fsp3) is 0.909. The molecule has 0 aliphatic rings. The molecule has 0 saturated carbocycles. The Labute approximate surface area is 89.7 Å². The van der Waals surface area contributed by atoms with Crippen molar-refractivity contribution in [2.75, 3.05) is 20.1 Å². The molecule has 0 aromatic rings. The normalized spacial score (nSPS) is 7.50. The van der Waals surface area contributed by atoms with Gasteiger partial charge in [-0.3, -0.25) is 4.79 Å². The largest absolute Gasteiger partial charge is 0.359 e. The second-order valence-electron chi connectivity index (χ2n) is 2.49. The summed E-state index contributed by atoms with van der Waals surface area (Å²) in [5.41, 5.74) is 0. The van der Waals surface area contributed by atoms with Crippen molar-refractivity contribution in [1.82, 2.24) is 10.6 Å². The zero-order valence-corrected chi connectivity index (χ0v) is 10.5. The maximum absolute atomic E-state index is 9.66. The third-order valence-electron chi connectivity index (χ3n) is 1.36. The molecule has 0 aromatic carbocycles. The van der Waals surface area contributed by atoms with Crippen LogP contribution in [0.5, 0.6) is 0 Å². The van der Waals surface area contributed by atoms with Crippen molar-refractivity contribution in [3.63, 3.8) is 0 Å². The van der Waals surface area contributed by atoms with E-state index in [1.807, 2.05) is 20.9 Å². The molecule has 0 radical (unpaired) electrons. The number of carbonyl (C=O) groups is 1. The molecule has 2 N–H and O–H groups in total. The fourth-order valence-corrected chi connectivity index (χ4v) is 0.536. The lowest BCUT2D eigenvalue weighted by atomic mass is 10.2. The summed E-state index contributed by atoms with van der Waals surface area (Å²) in [7, 11) is 1.93. The minimum absolute atomic E-state index is 0.746. The average molecular weight is 204 g/mol. The molecule has 0 rings (SSSR count). The van der Waals surface area contributed by atoms with E-state index < -0.39 is 0 Å². The van der Waals surface area contributed by atoms with E-state index in [4.69, 9.17) is 0 Å². The van der Waals surface area contributed by atoms with E-state index >= 15 is 0 Å². The molecule has 0 unspecified atom stereocenters. The highest BCUT2D eigenvalue weighted by atomic mass is 16.1. The maximum Gasteiger partial charge on any atom is 0.207 e. The highest BCUT2D eigenvalue weighted by molar-refractivity contribution is 5.45. The molecule has 0 atom stereocenters. The predicted molar refractivity (Wildman–Crippen MR) is 64.5 cm³/mol. The SMILES string of the molecule is CC.CCCCCNC=O.CCNC. The first-order chi connectivity index (χ1) is 6.83. The molecule has 3 heteroatoms. The second kappa shape index (κ2) is 29.4. The van der Waals surface area contributed by atoms with Crippen molar-refractivity contribution in [3.8, 4) is 0 Å². The second-order valence-corrected chi connectivity index (χ2v) is 2.49. The Morgan fingerprint density at radius 1 is 1.14 bits per heavy atom. The van der Waals surface area contributed by atoms with Gasteiger partial charge in [-0.2, -0.15) is 0 Å². The first-order valence-electron chi connectivity index (χ1n) is 5.65. The highest BCUT2D eigenvalue weighted by Crippen LogP contribution is 1.89.